The van der Waals surface area contributed by atoms with Crippen molar-refractivity contribution in [3.05, 3.63) is 40.7 Å². The molecule has 0 saturated heterocycles. The third-order valence-electron chi connectivity index (χ3n) is 2.05. The molecule has 0 bridgehead atoms. The molecule has 17 heavy (non-hydrogen) atoms. The maximum absolute atomic E-state index is 5.82. The SMILES string of the molecule is CCONc1nc(Cc2ccc(Cl)cc2)ns1. The number of halogens is 1. The average Bonchev–Trinajstić information content (AvgIpc) is 2.77. The van der Waals surface area contributed by atoms with Crippen molar-refractivity contribution in [2.24, 2.45) is 0 Å². The number of nitrogens with zero attached hydrogens (tertiary/aromatic N) is 2. The van der Waals surface area contributed by atoms with Gasteiger partial charge in [-0.3, -0.25) is 4.84 Å². The Morgan fingerprint density at radius 3 is 2.82 bits per heavy atom. The van der Waals surface area contributed by atoms with Crippen LogP contribution in [0.3, 0.4) is 0 Å². The van der Waals surface area contributed by atoms with Gasteiger partial charge in [-0.25, -0.2) is 10.5 Å². The molecule has 4 nitrogen and oxygen atoms in total. The van der Waals surface area contributed by atoms with E-state index >= 15 is 0 Å². The number of hydrogen-bond donors (Lipinski definition) is 1. The van der Waals surface area contributed by atoms with E-state index in [1.807, 2.05) is 31.2 Å². The van der Waals surface area contributed by atoms with Gasteiger partial charge in [0.05, 0.1) is 6.61 Å². The quantitative estimate of drug-likeness (QED) is 0.847. The molecule has 0 aliphatic rings. The lowest BCUT2D eigenvalue weighted by molar-refractivity contribution is 0.210. The number of hydrogen-bond acceptors (Lipinski definition) is 5. The van der Waals surface area contributed by atoms with Crippen molar-refractivity contribution < 1.29 is 4.84 Å². The van der Waals surface area contributed by atoms with Crippen LogP contribution in [0, 0.1) is 0 Å². The van der Waals surface area contributed by atoms with Crippen molar-refractivity contribution in [1.29, 1.82) is 0 Å². The highest BCUT2D eigenvalue weighted by Crippen LogP contribution is 2.15. The van der Waals surface area contributed by atoms with Crippen LogP contribution in [0.25, 0.3) is 0 Å². The van der Waals surface area contributed by atoms with Crippen molar-refractivity contribution in [3.8, 4) is 0 Å². The Kier molecular flexibility index (Phi) is 4.30. The van der Waals surface area contributed by atoms with Crippen LogP contribution in [-0.4, -0.2) is 16.0 Å². The highest BCUT2D eigenvalue weighted by molar-refractivity contribution is 7.09. The van der Waals surface area contributed by atoms with Gasteiger partial charge in [-0.05, 0) is 24.6 Å². The highest BCUT2D eigenvalue weighted by Gasteiger charge is 2.04. The first-order valence-corrected chi connectivity index (χ1v) is 6.38. The molecule has 0 radical (unpaired) electrons. The molecule has 90 valence electrons. The van der Waals surface area contributed by atoms with E-state index in [1.165, 1.54) is 11.5 Å². The van der Waals surface area contributed by atoms with Gasteiger partial charge in [0.25, 0.3) is 0 Å². The lowest BCUT2D eigenvalue weighted by Gasteiger charge is -1.98. The van der Waals surface area contributed by atoms with Crippen LogP contribution in [0.5, 0.6) is 0 Å². The Bertz CT molecular complexity index is 472. The van der Waals surface area contributed by atoms with Gasteiger partial charge in [-0.1, -0.05) is 23.7 Å². The molecule has 1 aromatic carbocycles. The van der Waals surface area contributed by atoms with Gasteiger partial charge >= 0.3 is 0 Å². The highest BCUT2D eigenvalue weighted by atomic mass is 35.5. The Labute approximate surface area is 109 Å². The van der Waals surface area contributed by atoms with Gasteiger partial charge in [-0.15, -0.1) is 0 Å². The minimum atomic E-state index is 0.589. The van der Waals surface area contributed by atoms with Crippen LogP contribution in [0.2, 0.25) is 5.02 Å². The summed E-state index contributed by atoms with van der Waals surface area (Å²) in [5, 5.41) is 1.41. The topological polar surface area (TPSA) is 47.0 Å². The Balaban J connectivity index is 1.98. The lowest BCUT2D eigenvalue weighted by atomic mass is 10.1. The summed E-state index contributed by atoms with van der Waals surface area (Å²) >= 11 is 7.11. The first-order chi connectivity index (χ1) is 8.28. The van der Waals surface area contributed by atoms with Crippen molar-refractivity contribution in [2.45, 2.75) is 13.3 Å². The first kappa shape index (κ1) is 12.3. The van der Waals surface area contributed by atoms with E-state index in [4.69, 9.17) is 16.4 Å². The molecule has 0 saturated carbocycles. The van der Waals surface area contributed by atoms with Gasteiger partial charge in [0, 0.05) is 23.0 Å². The van der Waals surface area contributed by atoms with E-state index in [0.717, 1.165) is 16.4 Å². The average molecular weight is 270 g/mol. The fraction of sp³-hybridized carbons (Fsp3) is 0.273. The van der Waals surface area contributed by atoms with E-state index < -0.39 is 0 Å². The largest absolute Gasteiger partial charge is 0.274 e. The predicted octanol–water partition coefficient (Wildman–Crippen LogP) is 3.15. The van der Waals surface area contributed by atoms with E-state index in [1.54, 1.807) is 0 Å². The minimum Gasteiger partial charge on any atom is -0.274 e. The molecule has 0 fully saturated rings. The second-order valence-electron chi connectivity index (χ2n) is 3.35. The van der Waals surface area contributed by atoms with Crippen molar-refractivity contribution in [3.63, 3.8) is 0 Å². The molecular formula is C11H12ClN3OS. The monoisotopic (exact) mass is 269 g/mol. The molecule has 1 N–H and O–H groups in total. The maximum Gasteiger partial charge on any atom is 0.226 e. The number of rotatable bonds is 5. The van der Waals surface area contributed by atoms with Crippen LogP contribution in [0.4, 0.5) is 5.13 Å². The van der Waals surface area contributed by atoms with E-state index in [-0.39, 0.29) is 0 Å². The van der Waals surface area contributed by atoms with Gasteiger partial charge in [0.2, 0.25) is 5.13 Å². The molecule has 0 aliphatic heterocycles. The molecule has 0 unspecified atom stereocenters. The number of anilines is 1. The third kappa shape index (κ3) is 3.66. The Morgan fingerprint density at radius 1 is 1.35 bits per heavy atom. The molecule has 2 aromatic rings. The molecule has 1 heterocycles. The van der Waals surface area contributed by atoms with Gasteiger partial charge < -0.3 is 0 Å². The van der Waals surface area contributed by atoms with Crippen LogP contribution >= 0.6 is 23.1 Å². The summed E-state index contributed by atoms with van der Waals surface area (Å²) < 4.78 is 4.24. The van der Waals surface area contributed by atoms with Gasteiger partial charge in [-0.2, -0.15) is 4.37 Å². The van der Waals surface area contributed by atoms with Gasteiger partial charge in [0.15, 0.2) is 0 Å². The molecule has 0 amide bonds. The smallest absolute Gasteiger partial charge is 0.226 e. The normalized spacial score (nSPS) is 10.5. The zero-order valence-electron chi connectivity index (χ0n) is 9.31. The number of nitrogens with one attached hydrogen (secondary N) is 1. The molecular weight excluding hydrogens is 258 g/mol. The zero-order chi connectivity index (χ0) is 12.1. The lowest BCUT2D eigenvalue weighted by Crippen LogP contribution is -1.99. The molecule has 0 spiro atoms. The second kappa shape index (κ2) is 5.95. The molecule has 6 heteroatoms. The second-order valence-corrected chi connectivity index (χ2v) is 4.54. The minimum absolute atomic E-state index is 0.589. The van der Waals surface area contributed by atoms with Crippen molar-refractivity contribution >= 4 is 28.3 Å². The third-order valence-corrected chi connectivity index (χ3v) is 2.95. The van der Waals surface area contributed by atoms with Crippen LogP contribution < -0.4 is 5.48 Å². The predicted molar refractivity (Wildman–Crippen MR) is 69.4 cm³/mol. The van der Waals surface area contributed by atoms with E-state index in [0.29, 0.717) is 18.2 Å². The Hall–Kier alpha value is -1.17. The molecule has 1 aromatic heterocycles. The standard InChI is InChI=1S/C11H12ClN3OS/c1-2-16-14-11-13-10(15-17-11)7-8-3-5-9(12)6-4-8/h3-6H,2,7H2,1H3,(H,13,14,15). The summed E-state index contributed by atoms with van der Waals surface area (Å²) in [6.45, 7) is 2.49. The fourth-order valence-corrected chi connectivity index (χ4v) is 1.95. The molecule has 0 atom stereocenters. The summed E-state index contributed by atoms with van der Waals surface area (Å²) in [4.78, 5) is 9.34. The fourth-order valence-electron chi connectivity index (χ4n) is 1.29. The maximum atomic E-state index is 5.82. The summed E-state index contributed by atoms with van der Waals surface area (Å²) in [6.07, 6.45) is 0.696. The van der Waals surface area contributed by atoms with E-state index in [2.05, 4.69) is 14.8 Å². The molecule has 2 rings (SSSR count). The Morgan fingerprint density at radius 2 is 2.12 bits per heavy atom. The van der Waals surface area contributed by atoms with Gasteiger partial charge in [0.1, 0.15) is 5.82 Å². The summed E-state index contributed by atoms with van der Waals surface area (Å²) in [7, 11) is 0. The number of aromatic nitrogens is 2. The van der Waals surface area contributed by atoms with Crippen molar-refractivity contribution in [2.75, 3.05) is 12.1 Å². The van der Waals surface area contributed by atoms with Crippen LogP contribution in [-0.2, 0) is 11.3 Å². The van der Waals surface area contributed by atoms with Crippen LogP contribution in [0.1, 0.15) is 18.3 Å². The molecule has 0 aliphatic carbocycles. The van der Waals surface area contributed by atoms with Crippen molar-refractivity contribution in [1.82, 2.24) is 9.36 Å². The van der Waals surface area contributed by atoms with E-state index in [9.17, 15) is 0 Å². The van der Waals surface area contributed by atoms with Crippen LogP contribution in [0.15, 0.2) is 24.3 Å². The number of benzene rings is 1. The first-order valence-electron chi connectivity index (χ1n) is 5.22. The zero-order valence-corrected chi connectivity index (χ0v) is 10.9. The summed E-state index contributed by atoms with van der Waals surface area (Å²) in [6, 6.07) is 7.67. The summed E-state index contributed by atoms with van der Waals surface area (Å²) in [5.74, 6) is 0.777. The summed E-state index contributed by atoms with van der Waals surface area (Å²) in [5.41, 5.74) is 3.87.